The second kappa shape index (κ2) is 5.56. The molecule has 0 saturated carbocycles. The van der Waals surface area contributed by atoms with Gasteiger partial charge in [0.25, 0.3) is 0 Å². The van der Waals surface area contributed by atoms with E-state index in [1.807, 2.05) is 18.2 Å². The fourth-order valence-electron chi connectivity index (χ4n) is 3.08. The number of amides is 2. The summed E-state index contributed by atoms with van der Waals surface area (Å²) < 4.78 is 5.23. The number of carbonyl (C=O) groups excluding carboxylic acids is 2. The molecule has 2 amide bonds. The number of fused-ring (bicyclic) bond motifs is 2. The lowest BCUT2D eigenvalue weighted by Crippen LogP contribution is -2.52. The summed E-state index contributed by atoms with van der Waals surface area (Å²) in [6.45, 7) is 0.528. The first-order valence-corrected chi connectivity index (χ1v) is 7.53. The van der Waals surface area contributed by atoms with E-state index >= 15 is 0 Å². The monoisotopic (exact) mass is 308 g/mol. The number of carbonyl (C=O) groups is 2. The van der Waals surface area contributed by atoms with Gasteiger partial charge in [0.1, 0.15) is 11.9 Å². The molecule has 1 atom stereocenters. The Morgan fingerprint density at radius 1 is 1.48 bits per heavy atom. The Bertz CT molecular complexity index is 590. The molecule has 3 rings (SSSR count). The molecule has 0 aromatic heterocycles. The summed E-state index contributed by atoms with van der Waals surface area (Å²) in [6, 6.07) is 5.62. The normalized spacial score (nSPS) is 20.3. The molecule has 0 aliphatic carbocycles. The minimum Gasteiger partial charge on any atom is -0.497 e. The third-order valence-corrected chi connectivity index (χ3v) is 4.25. The Balaban J connectivity index is 2.04. The largest absolute Gasteiger partial charge is 0.497 e. The van der Waals surface area contributed by atoms with Gasteiger partial charge in [-0.2, -0.15) is 0 Å². The van der Waals surface area contributed by atoms with E-state index < -0.39 is 0 Å². The zero-order valence-electron chi connectivity index (χ0n) is 11.8. The van der Waals surface area contributed by atoms with Crippen LogP contribution in [-0.2, 0) is 16.1 Å². The number of hydrogen-bond acceptors (Lipinski definition) is 3. The molecule has 0 radical (unpaired) electrons. The lowest BCUT2D eigenvalue weighted by atomic mass is 10.1. The van der Waals surface area contributed by atoms with Gasteiger partial charge >= 0.3 is 0 Å². The quantitative estimate of drug-likeness (QED) is 0.804. The molecule has 1 fully saturated rings. The zero-order chi connectivity index (χ0) is 15.0. The van der Waals surface area contributed by atoms with Crippen LogP contribution in [-0.4, -0.2) is 35.9 Å². The standard InChI is InChI=1S/C15H17ClN2O3/c1-21-11-2-3-12-10(8-11)9-17-13(4-5-14(17)19)18(12)15(20)6-7-16/h2-3,8,13H,4-7,9H2,1H3. The van der Waals surface area contributed by atoms with Crippen LogP contribution in [0.3, 0.4) is 0 Å². The van der Waals surface area contributed by atoms with Gasteiger partial charge in [0.2, 0.25) is 11.8 Å². The lowest BCUT2D eigenvalue weighted by molar-refractivity contribution is -0.130. The van der Waals surface area contributed by atoms with E-state index in [2.05, 4.69) is 0 Å². The minimum atomic E-state index is -0.172. The van der Waals surface area contributed by atoms with Gasteiger partial charge in [0.15, 0.2) is 0 Å². The fraction of sp³-hybridized carbons (Fsp3) is 0.467. The van der Waals surface area contributed by atoms with Gasteiger partial charge in [0, 0.05) is 25.3 Å². The number of methoxy groups -OCH3 is 1. The molecule has 0 spiro atoms. The highest BCUT2D eigenvalue weighted by Crippen LogP contribution is 2.38. The molecule has 6 heteroatoms. The number of anilines is 1. The Kier molecular flexibility index (Phi) is 3.76. The van der Waals surface area contributed by atoms with Gasteiger partial charge < -0.3 is 9.64 Å². The molecule has 1 aromatic carbocycles. The second-order valence-electron chi connectivity index (χ2n) is 5.24. The molecule has 5 nitrogen and oxygen atoms in total. The topological polar surface area (TPSA) is 49.9 Å². The molecule has 2 heterocycles. The number of nitrogens with zero attached hydrogens (tertiary/aromatic N) is 2. The van der Waals surface area contributed by atoms with Crippen molar-refractivity contribution in [1.82, 2.24) is 4.90 Å². The van der Waals surface area contributed by atoms with Crippen molar-refractivity contribution in [3.05, 3.63) is 23.8 Å². The van der Waals surface area contributed by atoms with Gasteiger partial charge in [-0.05, 0) is 30.2 Å². The summed E-state index contributed by atoms with van der Waals surface area (Å²) in [5.74, 6) is 1.06. The van der Waals surface area contributed by atoms with Gasteiger partial charge in [-0.15, -0.1) is 11.6 Å². The Morgan fingerprint density at radius 2 is 2.29 bits per heavy atom. The van der Waals surface area contributed by atoms with Crippen LogP contribution in [0.1, 0.15) is 24.8 Å². The van der Waals surface area contributed by atoms with Crippen molar-refractivity contribution in [2.75, 3.05) is 17.9 Å². The van der Waals surface area contributed by atoms with E-state index in [0.717, 1.165) is 17.0 Å². The number of ether oxygens (including phenoxy) is 1. The van der Waals surface area contributed by atoms with Crippen molar-refractivity contribution in [2.24, 2.45) is 0 Å². The summed E-state index contributed by atoms with van der Waals surface area (Å²) in [6.07, 6.45) is 1.26. The molecule has 1 saturated heterocycles. The summed E-state index contributed by atoms with van der Waals surface area (Å²) in [5.41, 5.74) is 1.80. The number of halogens is 1. The predicted molar refractivity (Wildman–Crippen MR) is 79.4 cm³/mol. The maximum absolute atomic E-state index is 12.4. The SMILES string of the molecule is COc1ccc2c(c1)CN1C(=O)CCC1N2C(=O)CCCl. The third kappa shape index (κ3) is 2.35. The molecule has 1 aromatic rings. The second-order valence-corrected chi connectivity index (χ2v) is 5.62. The maximum atomic E-state index is 12.4. The molecular weight excluding hydrogens is 292 g/mol. The van der Waals surface area contributed by atoms with Crippen LogP contribution in [0.25, 0.3) is 0 Å². The number of hydrogen-bond donors (Lipinski definition) is 0. The van der Waals surface area contributed by atoms with Crippen molar-refractivity contribution < 1.29 is 14.3 Å². The molecule has 112 valence electrons. The van der Waals surface area contributed by atoms with Crippen LogP contribution < -0.4 is 9.64 Å². The van der Waals surface area contributed by atoms with Crippen LogP contribution in [0.2, 0.25) is 0 Å². The molecule has 21 heavy (non-hydrogen) atoms. The molecule has 1 unspecified atom stereocenters. The Labute approximate surface area is 128 Å². The lowest BCUT2D eigenvalue weighted by Gasteiger charge is -2.41. The van der Waals surface area contributed by atoms with Crippen LogP contribution >= 0.6 is 11.6 Å². The van der Waals surface area contributed by atoms with Gasteiger partial charge in [-0.3, -0.25) is 14.5 Å². The highest BCUT2D eigenvalue weighted by atomic mass is 35.5. The number of alkyl halides is 1. The van der Waals surface area contributed by atoms with E-state index in [1.165, 1.54) is 0 Å². The van der Waals surface area contributed by atoms with E-state index in [-0.39, 0.29) is 30.3 Å². The molecule has 2 aliphatic heterocycles. The average Bonchev–Trinajstić information content (AvgIpc) is 2.85. The Hall–Kier alpha value is -1.75. The molecule has 0 bridgehead atoms. The number of rotatable bonds is 3. The molecule has 0 N–H and O–H groups in total. The highest BCUT2D eigenvalue weighted by Gasteiger charge is 2.42. The summed E-state index contributed by atoms with van der Waals surface area (Å²) in [4.78, 5) is 28.0. The van der Waals surface area contributed by atoms with Crippen LogP contribution in [0.4, 0.5) is 5.69 Å². The summed E-state index contributed by atoms with van der Waals surface area (Å²) in [7, 11) is 1.60. The van der Waals surface area contributed by atoms with Crippen molar-refractivity contribution in [3.8, 4) is 5.75 Å². The summed E-state index contributed by atoms with van der Waals surface area (Å²) in [5, 5.41) is 0. The van der Waals surface area contributed by atoms with E-state index in [9.17, 15) is 9.59 Å². The number of benzene rings is 1. The van der Waals surface area contributed by atoms with Gasteiger partial charge in [-0.1, -0.05) is 0 Å². The maximum Gasteiger partial charge on any atom is 0.229 e. The Morgan fingerprint density at radius 3 is 3.00 bits per heavy atom. The van der Waals surface area contributed by atoms with Crippen molar-refractivity contribution in [3.63, 3.8) is 0 Å². The smallest absolute Gasteiger partial charge is 0.229 e. The van der Waals surface area contributed by atoms with Crippen LogP contribution in [0.5, 0.6) is 5.75 Å². The highest BCUT2D eigenvalue weighted by molar-refractivity contribution is 6.19. The van der Waals surface area contributed by atoms with Crippen molar-refractivity contribution in [2.45, 2.75) is 32.0 Å². The first-order valence-electron chi connectivity index (χ1n) is 7.00. The van der Waals surface area contributed by atoms with Crippen molar-refractivity contribution >= 4 is 29.1 Å². The van der Waals surface area contributed by atoms with Gasteiger partial charge in [0.05, 0.1) is 12.8 Å². The third-order valence-electron chi connectivity index (χ3n) is 4.06. The first-order chi connectivity index (χ1) is 10.2. The summed E-state index contributed by atoms with van der Waals surface area (Å²) >= 11 is 5.71. The average molecular weight is 309 g/mol. The van der Waals surface area contributed by atoms with E-state index in [1.54, 1.807) is 16.9 Å². The van der Waals surface area contributed by atoms with E-state index in [0.29, 0.717) is 19.4 Å². The fourth-order valence-corrected chi connectivity index (χ4v) is 3.24. The predicted octanol–water partition coefficient (Wildman–Crippen LogP) is 2.12. The van der Waals surface area contributed by atoms with Crippen LogP contribution in [0, 0.1) is 0 Å². The first kappa shape index (κ1) is 14.2. The molecule has 2 aliphatic rings. The van der Waals surface area contributed by atoms with Crippen LogP contribution in [0.15, 0.2) is 18.2 Å². The van der Waals surface area contributed by atoms with E-state index in [4.69, 9.17) is 16.3 Å². The van der Waals surface area contributed by atoms with Gasteiger partial charge in [-0.25, -0.2) is 0 Å². The molecular formula is C15H17ClN2O3. The minimum absolute atomic E-state index is 0.0409. The zero-order valence-corrected chi connectivity index (χ0v) is 12.6. The van der Waals surface area contributed by atoms with Crippen molar-refractivity contribution in [1.29, 1.82) is 0 Å².